The minimum Gasteiger partial charge on any atom is -0.357 e. The van der Waals surface area contributed by atoms with Crippen LogP contribution >= 0.6 is 24.0 Å². The highest BCUT2D eigenvalue weighted by molar-refractivity contribution is 14.0. The summed E-state index contributed by atoms with van der Waals surface area (Å²) in [6, 6.07) is 0. The molecule has 17 heavy (non-hydrogen) atoms. The molecular weight excluding hydrogens is 331 g/mol. The zero-order chi connectivity index (χ0) is 12.2. The average molecular weight is 356 g/mol. The number of hydrogen-bond donors (Lipinski definition) is 3. The molecule has 0 aliphatic rings. The van der Waals surface area contributed by atoms with Crippen molar-refractivity contribution >= 4 is 35.8 Å². The van der Waals surface area contributed by atoms with Gasteiger partial charge in [0.15, 0.2) is 5.96 Å². The molecule has 0 saturated carbocycles. The molecule has 1 amide bonds. The number of nitrogens with zero attached hydrogens (tertiary/aromatic N) is 1. The molecule has 5 nitrogen and oxygen atoms in total. The molecule has 0 aliphatic carbocycles. The summed E-state index contributed by atoms with van der Waals surface area (Å²) in [5.74, 6) is 0.816. The number of carbonyl (C=O) groups excluding carboxylic acids is 1. The van der Waals surface area contributed by atoms with E-state index >= 15 is 0 Å². The third-order valence-electron chi connectivity index (χ3n) is 1.92. The zero-order valence-electron chi connectivity index (χ0n) is 11.0. The number of guanidine groups is 1. The lowest BCUT2D eigenvalue weighted by molar-refractivity contribution is -0.118. The van der Waals surface area contributed by atoms with E-state index in [1.54, 1.807) is 0 Å². The third-order valence-corrected chi connectivity index (χ3v) is 1.92. The topological polar surface area (TPSA) is 65.5 Å². The smallest absolute Gasteiger partial charge is 0.216 e. The summed E-state index contributed by atoms with van der Waals surface area (Å²) in [6.07, 6.45) is 2.25. The Morgan fingerprint density at radius 1 is 1.12 bits per heavy atom. The number of carbonyl (C=O) groups is 1. The lowest BCUT2D eigenvalue weighted by Crippen LogP contribution is -2.41. The first kappa shape index (κ1) is 18.8. The fourth-order valence-corrected chi connectivity index (χ4v) is 1.11. The van der Waals surface area contributed by atoms with Crippen molar-refractivity contribution in [3.63, 3.8) is 0 Å². The molecule has 102 valence electrons. The maximum absolute atomic E-state index is 10.6. The molecule has 0 fully saturated rings. The van der Waals surface area contributed by atoms with Gasteiger partial charge in [0.25, 0.3) is 0 Å². The first-order chi connectivity index (χ1) is 7.70. The van der Waals surface area contributed by atoms with Gasteiger partial charge < -0.3 is 16.0 Å². The van der Waals surface area contributed by atoms with Crippen molar-refractivity contribution in [2.75, 3.05) is 26.2 Å². The molecule has 0 saturated heterocycles. The first-order valence-corrected chi connectivity index (χ1v) is 5.97. The van der Waals surface area contributed by atoms with Gasteiger partial charge in [0.2, 0.25) is 5.91 Å². The van der Waals surface area contributed by atoms with Crippen LogP contribution < -0.4 is 16.0 Å². The summed E-state index contributed by atoms with van der Waals surface area (Å²) in [4.78, 5) is 15.0. The molecule has 0 bridgehead atoms. The van der Waals surface area contributed by atoms with Crippen molar-refractivity contribution in [2.45, 2.75) is 33.6 Å². The van der Waals surface area contributed by atoms with E-state index in [1.165, 1.54) is 6.92 Å². The molecule has 6 heteroatoms. The third kappa shape index (κ3) is 13.4. The van der Waals surface area contributed by atoms with Gasteiger partial charge in [-0.1, -0.05) is 13.3 Å². The normalized spacial score (nSPS) is 10.4. The molecule has 0 heterocycles. The van der Waals surface area contributed by atoms with Crippen LogP contribution in [0.25, 0.3) is 0 Å². The maximum Gasteiger partial charge on any atom is 0.216 e. The van der Waals surface area contributed by atoms with Crippen LogP contribution in [0.15, 0.2) is 4.99 Å². The van der Waals surface area contributed by atoms with Gasteiger partial charge in [-0.2, -0.15) is 0 Å². The molecule has 0 aromatic rings. The van der Waals surface area contributed by atoms with Crippen molar-refractivity contribution in [2.24, 2.45) is 4.99 Å². The van der Waals surface area contributed by atoms with Crippen LogP contribution in [0, 0.1) is 0 Å². The standard InChI is InChI=1S/C11H24N4O.HI/c1-4-6-7-14-11(12-5-2)15-9-8-13-10(3)16;/h4-9H2,1-3H3,(H,13,16)(H2,12,14,15);1H. The second kappa shape index (κ2) is 13.5. The summed E-state index contributed by atoms with van der Waals surface area (Å²) < 4.78 is 0. The van der Waals surface area contributed by atoms with Crippen molar-refractivity contribution < 1.29 is 4.79 Å². The number of amides is 1. The van der Waals surface area contributed by atoms with Crippen LogP contribution in [0.2, 0.25) is 0 Å². The van der Waals surface area contributed by atoms with E-state index in [0.717, 1.165) is 31.9 Å². The highest BCUT2D eigenvalue weighted by Gasteiger charge is 1.96. The molecule has 0 atom stereocenters. The van der Waals surface area contributed by atoms with Crippen LogP contribution in [0.4, 0.5) is 0 Å². The predicted molar refractivity (Wildman–Crippen MR) is 83.0 cm³/mol. The van der Waals surface area contributed by atoms with E-state index in [2.05, 4.69) is 27.9 Å². The second-order valence-corrected chi connectivity index (χ2v) is 3.52. The molecular formula is C11H25IN4O. The van der Waals surface area contributed by atoms with Gasteiger partial charge in [0.05, 0.1) is 0 Å². The van der Waals surface area contributed by atoms with Gasteiger partial charge in [-0.15, -0.1) is 24.0 Å². The predicted octanol–water partition coefficient (Wildman–Crippen LogP) is 1.10. The monoisotopic (exact) mass is 356 g/mol. The van der Waals surface area contributed by atoms with Crippen molar-refractivity contribution in [1.82, 2.24) is 16.0 Å². The lowest BCUT2D eigenvalue weighted by atomic mass is 10.3. The SMILES string of the molecule is CCCCN=C(NCC)NCCNC(C)=O.I. The Kier molecular flexibility index (Phi) is 15.0. The van der Waals surface area contributed by atoms with Crippen LogP contribution in [-0.4, -0.2) is 38.0 Å². The highest BCUT2D eigenvalue weighted by atomic mass is 127. The lowest BCUT2D eigenvalue weighted by Gasteiger charge is -2.11. The van der Waals surface area contributed by atoms with Crippen LogP contribution in [-0.2, 0) is 4.79 Å². The fourth-order valence-electron chi connectivity index (χ4n) is 1.11. The summed E-state index contributed by atoms with van der Waals surface area (Å²) in [6.45, 7) is 8.69. The number of rotatable bonds is 7. The highest BCUT2D eigenvalue weighted by Crippen LogP contribution is 1.86. The molecule has 0 spiro atoms. The van der Waals surface area contributed by atoms with Gasteiger partial charge in [-0.25, -0.2) is 0 Å². The first-order valence-electron chi connectivity index (χ1n) is 5.97. The Balaban J connectivity index is 0. The van der Waals surface area contributed by atoms with E-state index in [0.29, 0.717) is 13.1 Å². The second-order valence-electron chi connectivity index (χ2n) is 3.52. The summed E-state index contributed by atoms with van der Waals surface area (Å²) in [5.41, 5.74) is 0. The van der Waals surface area contributed by atoms with Crippen molar-refractivity contribution in [1.29, 1.82) is 0 Å². The summed E-state index contributed by atoms with van der Waals surface area (Å²) in [5, 5.41) is 9.04. The van der Waals surface area contributed by atoms with Crippen LogP contribution in [0.3, 0.4) is 0 Å². The molecule has 0 aromatic heterocycles. The van der Waals surface area contributed by atoms with E-state index in [4.69, 9.17) is 0 Å². The van der Waals surface area contributed by atoms with Gasteiger partial charge in [0, 0.05) is 33.1 Å². The Labute approximate surface area is 121 Å². The molecule has 0 unspecified atom stereocenters. The summed E-state index contributed by atoms with van der Waals surface area (Å²) >= 11 is 0. The van der Waals surface area contributed by atoms with Gasteiger partial charge in [0.1, 0.15) is 0 Å². The average Bonchev–Trinajstić information content (AvgIpc) is 2.24. The van der Waals surface area contributed by atoms with Gasteiger partial charge in [-0.05, 0) is 13.3 Å². The van der Waals surface area contributed by atoms with Crippen molar-refractivity contribution in [3.05, 3.63) is 0 Å². The van der Waals surface area contributed by atoms with Crippen LogP contribution in [0.1, 0.15) is 33.6 Å². The number of hydrogen-bond acceptors (Lipinski definition) is 2. The van der Waals surface area contributed by atoms with Crippen LogP contribution in [0.5, 0.6) is 0 Å². The number of halogens is 1. The van der Waals surface area contributed by atoms with E-state index in [-0.39, 0.29) is 29.9 Å². The Hall–Kier alpha value is -0.530. The fraction of sp³-hybridized carbons (Fsp3) is 0.818. The Bertz CT molecular complexity index is 222. The van der Waals surface area contributed by atoms with E-state index in [9.17, 15) is 4.79 Å². The maximum atomic E-state index is 10.6. The van der Waals surface area contributed by atoms with Gasteiger partial charge in [-0.3, -0.25) is 9.79 Å². The van der Waals surface area contributed by atoms with E-state index in [1.807, 2.05) is 6.92 Å². The number of aliphatic imine (C=N–C) groups is 1. The molecule has 0 radical (unpaired) electrons. The molecule has 0 aliphatic heterocycles. The minimum atomic E-state index is -0.00489. The minimum absolute atomic E-state index is 0. The Morgan fingerprint density at radius 3 is 2.29 bits per heavy atom. The molecule has 0 rings (SSSR count). The van der Waals surface area contributed by atoms with E-state index < -0.39 is 0 Å². The Morgan fingerprint density at radius 2 is 1.76 bits per heavy atom. The number of unbranched alkanes of at least 4 members (excludes halogenated alkanes) is 1. The largest absolute Gasteiger partial charge is 0.357 e. The van der Waals surface area contributed by atoms with Gasteiger partial charge >= 0.3 is 0 Å². The quantitative estimate of drug-likeness (QED) is 0.277. The zero-order valence-corrected chi connectivity index (χ0v) is 13.3. The number of nitrogens with one attached hydrogen (secondary N) is 3. The van der Waals surface area contributed by atoms with Crippen molar-refractivity contribution in [3.8, 4) is 0 Å². The molecule has 3 N–H and O–H groups in total. The summed E-state index contributed by atoms with van der Waals surface area (Å²) in [7, 11) is 0. The molecule has 0 aromatic carbocycles.